The topological polar surface area (TPSA) is 51.6 Å². The van der Waals surface area contributed by atoms with Gasteiger partial charge in [0.1, 0.15) is 0 Å². The number of hydrogen-bond acceptors (Lipinski definition) is 5. The second-order valence-corrected chi connectivity index (χ2v) is 6.68. The standard InChI is InChI=1S/C16H17BrN4O/c17-12-6-14-15(18-7-12)19-16(20-9-13(22)10-20)21(14)8-11-4-2-1-3-5-11/h1-7,13,16,22H,8-10H2,(H,18,19). The first-order valence-electron chi connectivity index (χ1n) is 7.35. The zero-order chi connectivity index (χ0) is 15.1. The highest BCUT2D eigenvalue weighted by Crippen LogP contribution is 2.37. The van der Waals surface area contributed by atoms with Gasteiger partial charge in [-0.1, -0.05) is 30.3 Å². The molecule has 3 heterocycles. The van der Waals surface area contributed by atoms with Crippen LogP contribution in [0.1, 0.15) is 5.56 Å². The van der Waals surface area contributed by atoms with E-state index in [1.54, 1.807) is 6.20 Å². The van der Waals surface area contributed by atoms with E-state index in [1.807, 2.05) is 6.07 Å². The smallest absolute Gasteiger partial charge is 0.159 e. The van der Waals surface area contributed by atoms with Crippen molar-refractivity contribution in [3.05, 3.63) is 52.6 Å². The molecule has 0 aliphatic carbocycles. The number of nitrogens with one attached hydrogen (secondary N) is 1. The molecule has 0 spiro atoms. The van der Waals surface area contributed by atoms with Crippen molar-refractivity contribution in [1.29, 1.82) is 0 Å². The molecule has 4 rings (SSSR count). The van der Waals surface area contributed by atoms with E-state index in [4.69, 9.17) is 0 Å². The molecule has 5 nitrogen and oxygen atoms in total. The van der Waals surface area contributed by atoms with Crippen LogP contribution in [-0.4, -0.2) is 40.5 Å². The first kappa shape index (κ1) is 14.0. The van der Waals surface area contributed by atoms with E-state index in [2.05, 4.69) is 66.4 Å². The summed E-state index contributed by atoms with van der Waals surface area (Å²) in [6, 6.07) is 12.5. The van der Waals surface area contributed by atoms with Gasteiger partial charge in [-0.15, -0.1) is 0 Å². The zero-order valence-electron chi connectivity index (χ0n) is 12.0. The van der Waals surface area contributed by atoms with Crippen LogP contribution >= 0.6 is 15.9 Å². The van der Waals surface area contributed by atoms with Gasteiger partial charge in [-0.25, -0.2) is 4.98 Å². The lowest BCUT2D eigenvalue weighted by Gasteiger charge is -2.43. The summed E-state index contributed by atoms with van der Waals surface area (Å²) in [5.41, 5.74) is 2.34. The van der Waals surface area contributed by atoms with Gasteiger partial charge in [0, 0.05) is 30.3 Å². The highest BCUT2D eigenvalue weighted by Gasteiger charge is 2.39. The Kier molecular flexibility index (Phi) is 3.52. The van der Waals surface area contributed by atoms with Crippen molar-refractivity contribution >= 4 is 27.4 Å². The van der Waals surface area contributed by atoms with Crippen LogP contribution in [0.25, 0.3) is 0 Å². The summed E-state index contributed by atoms with van der Waals surface area (Å²) >= 11 is 3.50. The molecular formula is C16H17BrN4O. The lowest BCUT2D eigenvalue weighted by atomic mass is 10.1. The Balaban J connectivity index is 1.65. The number of aliphatic hydroxyl groups excluding tert-OH is 1. The molecule has 2 N–H and O–H groups in total. The van der Waals surface area contributed by atoms with Gasteiger partial charge in [0.25, 0.3) is 0 Å². The zero-order valence-corrected chi connectivity index (χ0v) is 13.6. The Morgan fingerprint density at radius 3 is 2.77 bits per heavy atom. The number of fused-ring (bicyclic) bond motifs is 1. The molecule has 0 bridgehead atoms. The first-order chi connectivity index (χ1) is 10.7. The third kappa shape index (κ3) is 2.47. The van der Waals surface area contributed by atoms with Gasteiger partial charge < -0.3 is 15.3 Å². The number of pyridine rings is 1. The minimum atomic E-state index is -0.219. The summed E-state index contributed by atoms with van der Waals surface area (Å²) in [6.07, 6.45) is 1.63. The summed E-state index contributed by atoms with van der Waals surface area (Å²) in [6.45, 7) is 2.19. The fraction of sp³-hybridized carbons (Fsp3) is 0.312. The Morgan fingerprint density at radius 2 is 2.05 bits per heavy atom. The molecule has 2 aromatic rings. The molecule has 2 aliphatic heterocycles. The Labute approximate surface area is 137 Å². The first-order valence-corrected chi connectivity index (χ1v) is 8.15. The molecule has 6 heteroatoms. The van der Waals surface area contributed by atoms with E-state index in [9.17, 15) is 5.11 Å². The number of β-amino-alcohol motifs (C(OH)–C–C–N with tert-alkyl or cyclic N) is 1. The maximum atomic E-state index is 9.60. The Bertz CT molecular complexity index is 675. The number of benzene rings is 1. The normalized spacial score (nSPS) is 21.4. The van der Waals surface area contributed by atoms with Gasteiger partial charge >= 0.3 is 0 Å². The molecule has 1 saturated heterocycles. The van der Waals surface area contributed by atoms with Crippen LogP contribution in [0, 0.1) is 0 Å². The number of nitrogens with zero attached hydrogens (tertiary/aromatic N) is 3. The minimum absolute atomic E-state index is 0.0420. The fourth-order valence-electron chi connectivity index (χ4n) is 3.02. The van der Waals surface area contributed by atoms with Gasteiger partial charge in [0.05, 0.1) is 11.8 Å². The van der Waals surface area contributed by atoms with E-state index in [0.29, 0.717) is 13.1 Å². The van der Waals surface area contributed by atoms with Gasteiger partial charge in [-0.05, 0) is 27.6 Å². The maximum Gasteiger partial charge on any atom is 0.159 e. The molecule has 0 amide bonds. The third-order valence-electron chi connectivity index (χ3n) is 4.14. The number of anilines is 2. The van der Waals surface area contributed by atoms with E-state index in [1.165, 1.54) is 5.56 Å². The van der Waals surface area contributed by atoms with E-state index >= 15 is 0 Å². The fourth-order valence-corrected chi connectivity index (χ4v) is 3.34. The van der Waals surface area contributed by atoms with Crippen molar-refractivity contribution in [3.8, 4) is 0 Å². The van der Waals surface area contributed by atoms with Gasteiger partial charge in [-0.3, -0.25) is 4.90 Å². The number of aromatic nitrogens is 1. The monoisotopic (exact) mass is 360 g/mol. The highest BCUT2D eigenvalue weighted by atomic mass is 79.9. The van der Waals surface area contributed by atoms with Crippen LogP contribution in [0.5, 0.6) is 0 Å². The van der Waals surface area contributed by atoms with Gasteiger partial charge in [0.15, 0.2) is 12.1 Å². The number of rotatable bonds is 3. The van der Waals surface area contributed by atoms with Crippen LogP contribution in [0.2, 0.25) is 0 Å². The third-order valence-corrected chi connectivity index (χ3v) is 4.57. The molecule has 1 aromatic heterocycles. The Morgan fingerprint density at radius 1 is 1.27 bits per heavy atom. The van der Waals surface area contributed by atoms with Crippen LogP contribution in [0.3, 0.4) is 0 Å². The van der Waals surface area contributed by atoms with Crippen molar-refractivity contribution in [2.45, 2.75) is 18.9 Å². The summed E-state index contributed by atoms with van der Waals surface area (Å²) < 4.78 is 0.968. The summed E-state index contributed by atoms with van der Waals surface area (Å²) in [5.74, 6) is 0.894. The van der Waals surface area contributed by atoms with E-state index in [-0.39, 0.29) is 12.4 Å². The molecule has 0 saturated carbocycles. The van der Waals surface area contributed by atoms with Crippen LogP contribution in [0.4, 0.5) is 11.5 Å². The summed E-state index contributed by atoms with van der Waals surface area (Å²) in [5, 5.41) is 13.1. The molecule has 1 atom stereocenters. The van der Waals surface area contributed by atoms with Crippen LogP contribution in [0.15, 0.2) is 47.1 Å². The predicted octanol–water partition coefficient (Wildman–Crippen LogP) is 2.24. The van der Waals surface area contributed by atoms with Crippen molar-refractivity contribution in [3.63, 3.8) is 0 Å². The Hall–Kier alpha value is -1.63. The largest absolute Gasteiger partial charge is 0.390 e. The molecule has 22 heavy (non-hydrogen) atoms. The van der Waals surface area contributed by atoms with Crippen molar-refractivity contribution in [2.24, 2.45) is 0 Å². The van der Waals surface area contributed by atoms with Crippen molar-refractivity contribution in [2.75, 3.05) is 23.3 Å². The van der Waals surface area contributed by atoms with E-state index < -0.39 is 0 Å². The van der Waals surface area contributed by atoms with Crippen molar-refractivity contribution < 1.29 is 5.11 Å². The number of halogens is 1. The minimum Gasteiger partial charge on any atom is -0.390 e. The molecule has 2 aliphatic rings. The lowest BCUT2D eigenvalue weighted by molar-refractivity contribution is -0.0177. The molecule has 114 valence electrons. The summed E-state index contributed by atoms with van der Waals surface area (Å²) in [4.78, 5) is 9.00. The molecular weight excluding hydrogens is 344 g/mol. The lowest BCUT2D eigenvalue weighted by Crippen LogP contribution is -2.61. The van der Waals surface area contributed by atoms with Gasteiger partial charge in [0.2, 0.25) is 0 Å². The maximum absolute atomic E-state index is 9.60. The molecule has 1 fully saturated rings. The molecule has 0 radical (unpaired) electrons. The second-order valence-electron chi connectivity index (χ2n) is 5.76. The second kappa shape index (κ2) is 5.53. The molecule has 1 aromatic carbocycles. The average molecular weight is 361 g/mol. The van der Waals surface area contributed by atoms with Crippen LogP contribution in [-0.2, 0) is 6.54 Å². The SMILES string of the molecule is OC1CN(C2Nc3ncc(Br)cc3N2Cc2ccccc2)C1. The highest BCUT2D eigenvalue weighted by molar-refractivity contribution is 9.10. The van der Waals surface area contributed by atoms with Gasteiger partial charge in [-0.2, -0.15) is 0 Å². The molecule has 1 unspecified atom stereocenters. The number of likely N-dealkylation sites (tertiary alicyclic amines) is 1. The average Bonchev–Trinajstić information content (AvgIpc) is 2.83. The van der Waals surface area contributed by atoms with E-state index in [0.717, 1.165) is 22.5 Å². The van der Waals surface area contributed by atoms with Crippen LogP contribution < -0.4 is 10.2 Å². The quantitative estimate of drug-likeness (QED) is 0.878. The number of hydrogen-bond donors (Lipinski definition) is 2. The van der Waals surface area contributed by atoms with Crippen molar-refractivity contribution in [1.82, 2.24) is 9.88 Å². The predicted molar refractivity (Wildman–Crippen MR) is 89.6 cm³/mol. The number of aliphatic hydroxyl groups is 1. The summed E-state index contributed by atoms with van der Waals surface area (Å²) in [7, 11) is 0.